The van der Waals surface area contributed by atoms with Gasteiger partial charge < -0.3 is 15.1 Å². The van der Waals surface area contributed by atoms with Crippen LogP contribution in [0.25, 0.3) is 0 Å². The van der Waals surface area contributed by atoms with Crippen LogP contribution < -0.4 is 15.1 Å². The average Bonchev–Trinajstić information content (AvgIpc) is 3.08. The minimum absolute atomic E-state index is 0.000263. The molecule has 2 aromatic carbocycles. The van der Waals surface area contributed by atoms with Crippen LogP contribution in [0.1, 0.15) is 31.4 Å². The van der Waals surface area contributed by atoms with Gasteiger partial charge in [0.2, 0.25) is 11.8 Å². The zero-order valence-corrected chi connectivity index (χ0v) is 17.2. The van der Waals surface area contributed by atoms with Gasteiger partial charge in [0.1, 0.15) is 0 Å². The van der Waals surface area contributed by atoms with E-state index in [1.807, 2.05) is 56.3 Å². The van der Waals surface area contributed by atoms with Gasteiger partial charge >= 0.3 is 0 Å². The maximum absolute atomic E-state index is 12.7. The first-order chi connectivity index (χ1) is 13.4. The molecule has 5 heteroatoms. The fraction of sp³-hybridized carbons (Fsp3) is 0.391. The van der Waals surface area contributed by atoms with Crippen molar-refractivity contribution in [1.29, 1.82) is 0 Å². The van der Waals surface area contributed by atoms with Crippen molar-refractivity contribution in [3.05, 3.63) is 53.6 Å². The van der Waals surface area contributed by atoms with Crippen LogP contribution in [-0.2, 0) is 9.59 Å². The molecule has 1 atom stereocenters. The fourth-order valence-electron chi connectivity index (χ4n) is 3.61. The van der Waals surface area contributed by atoms with E-state index in [0.717, 1.165) is 35.7 Å². The second-order valence-corrected chi connectivity index (χ2v) is 7.38. The Balaban J connectivity index is 1.65. The maximum atomic E-state index is 12.7. The van der Waals surface area contributed by atoms with E-state index < -0.39 is 0 Å². The molecular weight excluding hydrogens is 350 g/mol. The smallest absolute Gasteiger partial charge is 0.229 e. The summed E-state index contributed by atoms with van der Waals surface area (Å²) in [6.45, 7) is 10.6. The standard InChI is InChI=1S/C23H29N3O2/c1-5-25(6-2)20-11-8-19(9-12-20)24-23(28)18-14-22(27)26(15-18)21-10-7-16(3)17(4)13-21/h7-13,18H,5-6,14-15H2,1-4H3,(H,24,28). The van der Waals surface area contributed by atoms with Gasteiger partial charge in [-0.1, -0.05) is 6.07 Å². The van der Waals surface area contributed by atoms with Crippen LogP contribution in [0.15, 0.2) is 42.5 Å². The third kappa shape index (κ3) is 4.19. The van der Waals surface area contributed by atoms with E-state index in [0.29, 0.717) is 6.54 Å². The topological polar surface area (TPSA) is 52.7 Å². The van der Waals surface area contributed by atoms with E-state index in [9.17, 15) is 9.59 Å². The summed E-state index contributed by atoms with van der Waals surface area (Å²) in [5, 5.41) is 2.96. The molecule has 2 aromatic rings. The Hall–Kier alpha value is -2.82. The van der Waals surface area contributed by atoms with E-state index in [1.54, 1.807) is 4.90 Å². The van der Waals surface area contributed by atoms with E-state index >= 15 is 0 Å². The van der Waals surface area contributed by atoms with Crippen LogP contribution in [0.3, 0.4) is 0 Å². The molecule has 1 fully saturated rings. The zero-order valence-electron chi connectivity index (χ0n) is 17.2. The van der Waals surface area contributed by atoms with Gasteiger partial charge in [-0.05, 0) is 75.2 Å². The first kappa shape index (κ1) is 19.9. The second-order valence-electron chi connectivity index (χ2n) is 7.38. The summed E-state index contributed by atoms with van der Waals surface area (Å²) in [4.78, 5) is 29.1. The molecule has 3 rings (SSSR count). The lowest BCUT2D eigenvalue weighted by Crippen LogP contribution is -2.28. The van der Waals surface area contributed by atoms with Crippen molar-refractivity contribution in [3.8, 4) is 0 Å². The Bertz CT molecular complexity index is 857. The highest BCUT2D eigenvalue weighted by Crippen LogP contribution is 2.28. The van der Waals surface area contributed by atoms with Gasteiger partial charge in [-0.25, -0.2) is 0 Å². The predicted octanol–water partition coefficient (Wildman–Crippen LogP) is 4.14. The summed E-state index contributed by atoms with van der Waals surface area (Å²) in [6, 6.07) is 13.9. The van der Waals surface area contributed by atoms with Crippen molar-refractivity contribution < 1.29 is 9.59 Å². The lowest BCUT2D eigenvalue weighted by Gasteiger charge is -2.21. The Morgan fingerprint density at radius 2 is 1.75 bits per heavy atom. The third-order valence-electron chi connectivity index (χ3n) is 5.56. The first-order valence-corrected chi connectivity index (χ1v) is 9.96. The molecule has 2 amide bonds. The molecule has 0 spiro atoms. The SMILES string of the molecule is CCN(CC)c1ccc(NC(=O)C2CC(=O)N(c3ccc(C)c(C)c3)C2)cc1. The number of aryl methyl sites for hydroxylation is 2. The lowest BCUT2D eigenvalue weighted by molar-refractivity contribution is -0.122. The fourth-order valence-corrected chi connectivity index (χ4v) is 3.61. The molecule has 5 nitrogen and oxygen atoms in total. The lowest BCUT2D eigenvalue weighted by atomic mass is 10.1. The van der Waals surface area contributed by atoms with Crippen molar-refractivity contribution in [1.82, 2.24) is 0 Å². The summed E-state index contributed by atoms with van der Waals surface area (Å²) in [7, 11) is 0. The first-order valence-electron chi connectivity index (χ1n) is 9.96. The van der Waals surface area contributed by atoms with Crippen molar-refractivity contribution in [2.24, 2.45) is 5.92 Å². The number of rotatable bonds is 6. The Kier molecular flexibility index (Phi) is 6.02. The number of nitrogens with zero attached hydrogens (tertiary/aromatic N) is 2. The maximum Gasteiger partial charge on any atom is 0.229 e. The van der Waals surface area contributed by atoms with Crippen LogP contribution in [0, 0.1) is 19.8 Å². The molecule has 1 heterocycles. The zero-order chi connectivity index (χ0) is 20.3. The van der Waals surface area contributed by atoms with Crippen molar-refractivity contribution in [2.75, 3.05) is 34.8 Å². The highest BCUT2D eigenvalue weighted by Gasteiger charge is 2.35. The Labute approximate surface area is 167 Å². The normalized spacial score (nSPS) is 16.4. The molecule has 0 saturated carbocycles. The Morgan fingerprint density at radius 3 is 2.36 bits per heavy atom. The van der Waals surface area contributed by atoms with E-state index in [4.69, 9.17) is 0 Å². The number of carbonyl (C=O) groups is 2. The molecule has 0 aliphatic carbocycles. The Morgan fingerprint density at radius 1 is 1.07 bits per heavy atom. The average molecular weight is 380 g/mol. The van der Waals surface area contributed by atoms with Gasteiger partial charge in [-0.15, -0.1) is 0 Å². The summed E-state index contributed by atoms with van der Waals surface area (Å²) in [5.41, 5.74) is 5.11. The number of carbonyl (C=O) groups excluding carboxylic acids is 2. The molecule has 1 saturated heterocycles. The van der Waals surface area contributed by atoms with Crippen LogP contribution in [0.4, 0.5) is 17.1 Å². The van der Waals surface area contributed by atoms with Gasteiger partial charge in [0.05, 0.1) is 5.92 Å². The monoisotopic (exact) mass is 379 g/mol. The molecule has 28 heavy (non-hydrogen) atoms. The number of anilines is 3. The van der Waals surface area contributed by atoms with Gasteiger partial charge in [0.25, 0.3) is 0 Å². The van der Waals surface area contributed by atoms with E-state index in [-0.39, 0.29) is 24.2 Å². The quantitative estimate of drug-likeness (QED) is 0.821. The van der Waals surface area contributed by atoms with Crippen molar-refractivity contribution in [2.45, 2.75) is 34.1 Å². The molecule has 0 bridgehead atoms. The molecule has 1 aliphatic heterocycles. The number of benzene rings is 2. The second kappa shape index (κ2) is 8.46. The number of hydrogen-bond donors (Lipinski definition) is 1. The van der Waals surface area contributed by atoms with Gasteiger partial charge in [0.15, 0.2) is 0 Å². The molecule has 1 aliphatic rings. The summed E-state index contributed by atoms with van der Waals surface area (Å²) < 4.78 is 0. The molecule has 0 radical (unpaired) electrons. The van der Waals surface area contributed by atoms with Crippen LogP contribution in [0.5, 0.6) is 0 Å². The van der Waals surface area contributed by atoms with Crippen LogP contribution in [-0.4, -0.2) is 31.4 Å². The summed E-state index contributed by atoms with van der Waals surface area (Å²) in [6.07, 6.45) is 0.246. The van der Waals surface area contributed by atoms with Crippen molar-refractivity contribution >= 4 is 28.9 Å². The minimum Gasteiger partial charge on any atom is -0.372 e. The number of amides is 2. The highest BCUT2D eigenvalue weighted by atomic mass is 16.2. The summed E-state index contributed by atoms with van der Waals surface area (Å²) in [5.74, 6) is -0.438. The molecular formula is C23H29N3O2. The summed E-state index contributed by atoms with van der Waals surface area (Å²) >= 11 is 0. The third-order valence-corrected chi connectivity index (χ3v) is 5.56. The van der Waals surface area contributed by atoms with Crippen molar-refractivity contribution in [3.63, 3.8) is 0 Å². The van der Waals surface area contributed by atoms with Gasteiger partial charge in [-0.2, -0.15) is 0 Å². The molecule has 148 valence electrons. The number of hydrogen-bond acceptors (Lipinski definition) is 3. The van der Waals surface area contributed by atoms with Gasteiger partial charge in [0, 0.05) is 43.1 Å². The molecule has 0 aromatic heterocycles. The molecule has 1 unspecified atom stereocenters. The van der Waals surface area contributed by atoms with Gasteiger partial charge in [-0.3, -0.25) is 9.59 Å². The molecule has 1 N–H and O–H groups in total. The number of nitrogens with one attached hydrogen (secondary N) is 1. The van der Waals surface area contributed by atoms with E-state index in [2.05, 4.69) is 24.1 Å². The largest absolute Gasteiger partial charge is 0.372 e. The minimum atomic E-state index is -0.337. The predicted molar refractivity (Wildman–Crippen MR) is 115 cm³/mol. The van der Waals surface area contributed by atoms with Crippen LogP contribution >= 0.6 is 0 Å². The highest BCUT2D eigenvalue weighted by molar-refractivity contribution is 6.03. The van der Waals surface area contributed by atoms with E-state index in [1.165, 1.54) is 5.56 Å². The van der Waals surface area contributed by atoms with Crippen LogP contribution in [0.2, 0.25) is 0 Å².